The monoisotopic (exact) mass is 616 g/mol. The van der Waals surface area contributed by atoms with Crippen LogP contribution in [0.25, 0.3) is 11.3 Å². The lowest BCUT2D eigenvalue weighted by Crippen LogP contribution is -2.27. The molecule has 1 aliphatic heterocycles. The number of hydrogen-bond donors (Lipinski definition) is 4. The quantitative estimate of drug-likeness (QED) is 0.199. The Morgan fingerprint density at radius 3 is 1.64 bits per heavy atom. The van der Waals surface area contributed by atoms with E-state index in [-0.39, 0.29) is 32.5 Å². The lowest BCUT2D eigenvalue weighted by Gasteiger charge is -2.11. The van der Waals surface area contributed by atoms with Gasteiger partial charge in [0.05, 0.1) is 32.3 Å². The summed E-state index contributed by atoms with van der Waals surface area (Å²) in [6.07, 6.45) is 1.32. The number of rotatable bonds is 14. The van der Waals surface area contributed by atoms with E-state index in [4.69, 9.17) is 0 Å². The highest BCUT2D eigenvalue weighted by Crippen LogP contribution is 2.38. The van der Waals surface area contributed by atoms with Crippen LogP contribution in [0, 0.1) is 0 Å². The molecule has 226 valence electrons. The van der Waals surface area contributed by atoms with Crippen molar-refractivity contribution in [1.29, 1.82) is 0 Å². The normalized spacial score (nSPS) is 13.7. The van der Waals surface area contributed by atoms with Crippen molar-refractivity contribution >= 4 is 31.7 Å². The molecule has 1 aliphatic rings. The van der Waals surface area contributed by atoms with Gasteiger partial charge in [-0.25, -0.2) is 31.3 Å². The predicted octanol–water partition coefficient (Wildman–Crippen LogP) is 1.84. The number of benzene rings is 2. The zero-order chi connectivity index (χ0) is 30.7. The molecular weight excluding hydrogens is 580 g/mol. The standard InChI is InChI=1S/C28H36N6O6S2/c1-33(2)17-5-15-29-41(37,38)21-11-7-19(8-12-21)25-23-24(28(36)31-25)26(32-27(23)35)20-9-13-22(14-10-20)42(39,40)30-16-6-18-34(3)4/h7-14,29-31,36H,5-6,15-18H2,1-4H3. The Bertz CT molecular complexity index is 1680. The third-order valence-electron chi connectivity index (χ3n) is 6.68. The van der Waals surface area contributed by atoms with Crippen LogP contribution >= 0.6 is 0 Å². The van der Waals surface area contributed by atoms with Crippen LogP contribution in [-0.2, 0) is 20.0 Å². The molecule has 0 bridgehead atoms. The number of fused-ring (bicyclic) bond motifs is 1. The van der Waals surface area contributed by atoms with Crippen LogP contribution in [-0.4, -0.2) is 103 Å². The summed E-state index contributed by atoms with van der Waals surface area (Å²) in [6.45, 7) is 2.10. The van der Waals surface area contributed by atoms with Gasteiger partial charge in [0.15, 0.2) is 5.88 Å². The van der Waals surface area contributed by atoms with E-state index in [2.05, 4.69) is 19.4 Å². The maximum Gasteiger partial charge on any atom is 0.280 e. The summed E-state index contributed by atoms with van der Waals surface area (Å²) in [6, 6.07) is 11.9. The summed E-state index contributed by atoms with van der Waals surface area (Å²) in [4.78, 5) is 24.0. The molecule has 3 aromatic rings. The predicted molar refractivity (Wildman–Crippen MR) is 161 cm³/mol. The van der Waals surface area contributed by atoms with Gasteiger partial charge in [0.2, 0.25) is 20.0 Å². The summed E-state index contributed by atoms with van der Waals surface area (Å²) in [5, 5.41) is 10.7. The second kappa shape index (κ2) is 12.9. The van der Waals surface area contributed by atoms with Crippen molar-refractivity contribution in [2.24, 2.45) is 4.99 Å². The molecular formula is C28H36N6O6S2. The van der Waals surface area contributed by atoms with Crippen molar-refractivity contribution in [3.05, 3.63) is 65.2 Å². The fourth-order valence-electron chi connectivity index (χ4n) is 4.53. The first-order chi connectivity index (χ1) is 19.8. The zero-order valence-electron chi connectivity index (χ0n) is 24.0. The fraction of sp³-hybridized carbons (Fsp3) is 0.357. The van der Waals surface area contributed by atoms with Crippen molar-refractivity contribution < 1.29 is 26.7 Å². The highest BCUT2D eigenvalue weighted by Gasteiger charge is 2.33. The molecule has 1 amide bonds. The van der Waals surface area contributed by atoms with Crippen LogP contribution in [0.4, 0.5) is 0 Å². The Kier molecular flexibility index (Phi) is 9.65. The summed E-state index contributed by atoms with van der Waals surface area (Å²) >= 11 is 0. The minimum absolute atomic E-state index is 0.0717. The van der Waals surface area contributed by atoms with Crippen molar-refractivity contribution in [2.45, 2.75) is 22.6 Å². The molecule has 42 heavy (non-hydrogen) atoms. The first kappa shape index (κ1) is 31.5. The van der Waals surface area contributed by atoms with Gasteiger partial charge in [0.1, 0.15) is 0 Å². The number of H-pyrrole nitrogens is 1. The lowest BCUT2D eigenvalue weighted by atomic mass is 10.0. The van der Waals surface area contributed by atoms with Gasteiger partial charge in [-0.3, -0.25) is 4.79 Å². The number of hydrogen-bond acceptors (Lipinski definition) is 8. The van der Waals surface area contributed by atoms with Crippen molar-refractivity contribution in [1.82, 2.24) is 24.2 Å². The minimum Gasteiger partial charge on any atom is -0.494 e. The van der Waals surface area contributed by atoms with Gasteiger partial charge in [0.25, 0.3) is 5.91 Å². The third kappa shape index (κ3) is 7.14. The number of aromatic amines is 1. The van der Waals surface area contributed by atoms with Crippen LogP contribution in [0.15, 0.2) is 63.3 Å². The first-order valence-electron chi connectivity index (χ1n) is 13.4. The number of nitrogens with zero attached hydrogens (tertiary/aromatic N) is 3. The Morgan fingerprint density at radius 2 is 1.19 bits per heavy atom. The Labute approximate surface area is 246 Å². The average molecular weight is 617 g/mol. The molecule has 0 saturated carbocycles. The molecule has 0 saturated heterocycles. The molecule has 12 nitrogen and oxygen atoms in total. The Balaban J connectivity index is 1.52. The number of aliphatic imine (C=N–C) groups is 1. The number of aromatic nitrogens is 1. The van der Waals surface area contributed by atoms with Gasteiger partial charge >= 0.3 is 0 Å². The number of carbonyl (C=O) groups excluding carboxylic acids is 1. The van der Waals surface area contributed by atoms with Crippen molar-refractivity contribution in [3.63, 3.8) is 0 Å². The summed E-state index contributed by atoms with van der Waals surface area (Å²) in [5.74, 6) is -0.854. The van der Waals surface area contributed by atoms with E-state index in [1.807, 2.05) is 38.0 Å². The second-order valence-corrected chi connectivity index (χ2v) is 14.1. The molecule has 2 aromatic carbocycles. The van der Waals surface area contributed by atoms with Gasteiger partial charge in [0, 0.05) is 18.7 Å². The number of nitrogens with one attached hydrogen (secondary N) is 3. The van der Waals surface area contributed by atoms with Crippen LogP contribution in [0.2, 0.25) is 0 Å². The Morgan fingerprint density at radius 1 is 0.738 bits per heavy atom. The zero-order valence-corrected chi connectivity index (χ0v) is 25.6. The summed E-state index contributed by atoms with van der Waals surface area (Å²) in [5.41, 5.74) is 1.81. The highest BCUT2D eigenvalue weighted by atomic mass is 32.2. The molecule has 0 fully saturated rings. The first-order valence-corrected chi connectivity index (χ1v) is 16.3. The molecule has 0 unspecified atom stereocenters. The molecule has 4 rings (SSSR count). The number of aromatic hydroxyl groups is 1. The van der Waals surface area contributed by atoms with Crippen LogP contribution < -0.4 is 9.44 Å². The molecule has 0 radical (unpaired) electrons. The maximum atomic E-state index is 13.0. The molecule has 1 aromatic heterocycles. The smallest absolute Gasteiger partial charge is 0.280 e. The maximum absolute atomic E-state index is 13.0. The third-order valence-corrected chi connectivity index (χ3v) is 9.64. The largest absolute Gasteiger partial charge is 0.494 e. The summed E-state index contributed by atoms with van der Waals surface area (Å²) < 4.78 is 55.8. The van der Waals surface area contributed by atoms with Gasteiger partial charge in [-0.1, -0.05) is 24.3 Å². The Hall–Kier alpha value is -3.40. The second-order valence-electron chi connectivity index (χ2n) is 10.5. The van der Waals surface area contributed by atoms with Gasteiger partial charge in [-0.15, -0.1) is 0 Å². The van der Waals surface area contributed by atoms with Crippen molar-refractivity contribution in [2.75, 3.05) is 54.4 Å². The van der Waals surface area contributed by atoms with Crippen molar-refractivity contribution in [3.8, 4) is 17.1 Å². The molecule has 14 heteroatoms. The molecule has 0 spiro atoms. The number of sulfonamides is 2. The van der Waals surface area contributed by atoms with Crippen LogP contribution in [0.3, 0.4) is 0 Å². The van der Waals surface area contributed by atoms with E-state index in [9.17, 15) is 26.7 Å². The average Bonchev–Trinajstić information content (AvgIpc) is 3.47. The topological polar surface area (TPSA) is 164 Å². The van der Waals surface area contributed by atoms with Gasteiger partial charge in [-0.05, 0) is 84.0 Å². The van der Waals surface area contributed by atoms with E-state index in [1.54, 1.807) is 12.1 Å². The SMILES string of the molecule is CN(C)CCCNS(=O)(=O)c1ccc(C2=NC(=O)c3c(-c4ccc(S(=O)(=O)NCCCN(C)C)cc4)[nH]c(O)c32)cc1. The summed E-state index contributed by atoms with van der Waals surface area (Å²) in [7, 11) is 0.230. The molecule has 4 N–H and O–H groups in total. The number of amides is 1. The van der Waals surface area contributed by atoms with Gasteiger partial charge in [-0.2, -0.15) is 0 Å². The molecule has 0 atom stereocenters. The van der Waals surface area contributed by atoms with E-state index in [0.29, 0.717) is 42.8 Å². The molecule has 2 heterocycles. The lowest BCUT2D eigenvalue weighted by molar-refractivity contribution is 0.101. The highest BCUT2D eigenvalue weighted by molar-refractivity contribution is 7.89. The van der Waals surface area contributed by atoms with Crippen LogP contribution in [0.1, 0.15) is 34.3 Å². The van der Waals surface area contributed by atoms with E-state index >= 15 is 0 Å². The fourth-order valence-corrected chi connectivity index (χ4v) is 6.68. The number of carbonyl (C=O) groups is 1. The van der Waals surface area contributed by atoms with Gasteiger partial charge < -0.3 is 19.9 Å². The van der Waals surface area contributed by atoms with Crippen LogP contribution in [0.5, 0.6) is 5.88 Å². The molecule has 0 aliphatic carbocycles. The van der Waals surface area contributed by atoms with E-state index in [0.717, 1.165) is 13.1 Å². The minimum atomic E-state index is -3.71. The van der Waals surface area contributed by atoms with E-state index in [1.165, 1.54) is 36.4 Å². The van der Waals surface area contributed by atoms with E-state index < -0.39 is 26.0 Å².